The van der Waals surface area contributed by atoms with Crippen LogP contribution in [-0.4, -0.2) is 25.6 Å². The van der Waals surface area contributed by atoms with Crippen molar-refractivity contribution in [1.82, 2.24) is 19.6 Å². The molecule has 0 saturated carbocycles. The van der Waals surface area contributed by atoms with Gasteiger partial charge in [-0.05, 0) is 39.2 Å². The molecule has 90 valence electrons. The molecule has 6 nitrogen and oxygen atoms in total. The van der Waals surface area contributed by atoms with Crippen LogP contribution in [0.25, 0.3) is 5.78 Å². The van der Waals surface area contributed by atoms with Gasteiger partial charge in [0, 0.05) is 17.4 Å². The first kappa shape index (κ1) is 11.5. The number of aromatic nitrogens is 4. The minimum absolute atomic E-state index is 0.0114. The largest absolute Gasteiger partial charge is 0.550 e. The van der Waals surface area contributed by atoms with Crippen molar-refractivity contribution in [3.05, 3.63) is 22.8 Å². The van der Waals surface area contributed by atoms with Gasteiger partial charge < -0.3 is 9.90 Å². The van der Waals surface area contributed by atoms with Crippen LogP contribution in [0.1, 0.15) is 29.2 Å². The molecule has 0 atom stereocenters. The molecule has 0 spiro atoms. The van der Waals surface area contributed by atoms with Gasteiger partial charge in [-0.1, -0.05) is 0 Å². The highest BCUT2D eigenvalue weighted by atomic mass is 16.4. The van der Waals surface area contributed by atoms with Gasteiger partial charge in [0.2, 0.25) is 0 Å². The van der Waals surface area contributed by atoms with Crippen molar-refractivity contribution < 1.29 is 9.90 Å². The molecule has 0 amide bonds. The van der Waals surface area contributed by atoms with E-state index in [0.29, 0.717) is 18.0 Å². The molecule has 0 aromatic carbocycles. The summed E-state index contributed by atoms with van der Waals surface area (Å²) in [5.74, 6) is 0.144. The summed E-state index contributed by atoms with van der Waals surface area (Å²) in [4.78, 5) is 19.0. The van der Waals surface area contributed by atoms with Crippen molar-refractivity contribution in [2.45, 2.75) is 33.6 Å². The van der Waals surface area contributed by atoms with E-state index in [1.807, 2.05) is 13.8 Å². The van der Waals surface area contributed by atoms with Crippen LogP contribution in [0.5, 0.6) is 0 Å². The summed E-state index contributed by atoms with van der Waals surface area (Å²) in [7, 11) is 0. The molecule has 2 aromatic heterocycles. The lowest BCUT2D eigenvalue weighted by Gasteiger charge is -2.10. The van der Waals surface area contributed by atoms with Crippen LogP contribution in [0, 0.1) is 20.8 Å². The Bertz CT molecular complexity index is 589. The fraction of sp³-hybridized carbons (Fsp3) is 0.455. The van der Waals surface area contributed by atoms with Crippen LogP contribution in [0.2, 0.25) is 0 Å². The van der Waals surface area contributed by atoms with Crippen LogP contribution in [0.3, 0.4) is 0 Å². The van der Waals surface area contributed by atoms with Crippen molar-refractivity contribution >= 4 is 11.7 Å². The van der Waals surface area contributed by atoms with Gasteiger partial charge in [0.1, 0.15) is 5.82 Å². The first-order valence-electron chi connectivity index (χ1n) is 5.38. The average molecular weight is 233 g/mol. The highest BCUT2D eigenvalue weighted by molar-refractivity contribution is 5.64. The van der Waals surface area contributed by atoms with Gasteiger partial charge >= 0.3 is 0 Å². The molecule has 0 unspecified atom stereocenters. The number of hydrogen-bond acceptors (Lipinski definition) is 5. The van der Waals surface area contributed by atoms with Gasteiger partial charge in [-0.25, -0.2) is 9.50 Å². The molecular formula is C11H13N4O2-. The van der Waals surface area contributed by atoms with Gasteiger partial charge in [0.15, 0.2) is 0 Å². The van der Waals surface area contributed by atoms with Gasteiger partial charge in [-0.15, -0.1) is 0 Å². The normalized spacial score (nSPS) is 11.0. The molecule has 0 bridgehead atoms. The van der Waals surface area contributed by atoms with E-state index in [9.17, 15) is 9.90 Å². The lowest BCUT2D eigenvalue weighted by atomic mass is 10.1. The summed E-state index contributed by atoms with van der Waals surface area (Å²) in [5, 5.41) is 14.7. The van der Waals surface area contributed by atoms with Crippen molar-refractivity contribution in [3.8, 4) is 0 Å². The maximum atomic E-state index is 10.5. The van der Waals surface area contributed by atoms with E-state index in [-0.39, 0.29) is 6.42 Å². The molecule has 6 heteroatoms. The predicted octanol–water partition coefficient (Wildman–Crippen LogP) is -0.268. The van der Waals surface area contributed by atoms with Gasteiger partial charge in [0.05, 0.1) is 0 Å². The topological polar surface area (TPSA) is 83.2 Å². The quantitative estimate of drug-likeness (QED) is 0.728. The van der Waals surface area contributed by atoms with Crippen molar-refractivity contribution in [1.29, 1.82) is 0 Å². The molecule has 2 rings (SSSR count). The third-order valence-electron chi connectivity index (χ3n) is 2.73. The minimum Gasteiger partial charge on any atom is -0.550 e. The van der Waals surface area contributed by atoms with Crippen molar-refractivity contribution in [2.24, 2.45) is 0 Å². The number of carbonyl (C=O) groups is 1. The monoisotopic (exact) mass is 233 g/mol. The zero-order valence-corrected chi connectivity index (χ0v) is 10.0. The summed E-state index contributed by atoms with van der Waals surface area (Å²) in [6.07, 6.45) is 0.393. The molecule has 0 radical (unpaired) electrons. The Morgan fingerprint density at radius 1 is 1.29 bits per heavy atom. The number of aryl methyl sites for hydroxylation is 3. The van der Waals surface area contributed by atoms with E-state index in [0.717, 1.165) is 17.0 Å². The zero-order valence-electron chi connectivity index (χ0n) is 10.0. The number of carbonyl (C=O) groups excluding carboxylic acids is 1. The van der Waals surface area contributed by atoms with E-state index in [2.05, 4.69) is 15.1 Å². The first-order chi connectivity index (χ1) is 7.99. The molecule has 2 aromatic rings. The number of fused-ring (bicyclic) bond motifs is 1. The summed E-state index contributed by atoms with van der Waals surface area (Å²) in [5.41, 5.74) is 2.57. The SMILES string of the molecule is Cc1nc2nc(C)c(CCC(=O)[O-])c(C)n2n1. The second kappa shape index (κ2) is 4.12. The Morgan fingerprint density at radius 3 is 2.65 bits per heavy atom. The molecule has 0 saturated heterocycles. The second-order valence-corrected chi connectivity index (χ2v) is 4.00. The summed E-state index contributed by atoms with van der Waals surface area (Å²) in [6.45, 7) is 5.53. The Labute approximate surface area is 98.3 Å². The van der Waals surface area contributed by atoms with E-state index in [1.54, 1.807) is 11.4 Å². The standard InChI is InChI=1S/C11H14N4O2/c1-6-9(4-5-10(16)17)7(2)15-11(12-6)13-8(3)14-15/h4-5H2,1-3H3,(H,16,17)/p-1. The van der Waals surface area contributed by atoms with E-state index < -0.39 is 5.97 Å². The molecule has 0 aliphatic heterocycles. The lowest BCUT2D eigenvalue weighted by molar-refractivity contribution is -0.305. The molecule has 0 aliphatic rings. The van der Waals surface area contributed by atoms with Crippen molar-refractivity contribution in [2.75, 3.05) is 0 Å². The number of rotatable bonds is 3. The third kappa shape index (κ3) is 2.11. The maximum Gasteiger partial charge on any atom is 0.252 e. The predicted molar refractivity (Wildman–Crippen MR) is 58.3 cm³/mol. The second-order valence-electron chi connectivity index (χ2n) is 4.00. The molecule has 0 fully saturated rings. The zero-order chi connectivity index (χ0) is 12.6. The average Bonchev–Trinajstić information content (AvgIpc) is 2.58. The number of carboxylic acids is 1. The van der Waals surface area contributed by atoms with Crippen LogP contribution in [-0.2, 0) is 11.2 Å². The van der Waals surface area contributed by atoms with Crippen LogP contribution >= 0.6 is 0 Å². The third-order valence-corrected chi connectivity index (χ3v) is 2.73. The Balaban J connectivity index is 2.51. The molecular weight excluding hydrogens is 220 g/mol. The summed E-state index contributed by atoms with van der Waals surface area (Å²) < 4.78 is 1.65. The summed E-state index contributed by atoms with van der Waals surface area (Å²) >= 11 is 0. The fourth-order valence-corrected chi connectivity index (χ4v) is 1.90. The minimum atomic E-state index is -1.06. The number of aliphatic carboxylic acids is 1. The van der Waals surface area contributed by atoms with E-state index in [1.165, 1.54) is 0 Å². The lowest BCUT2D eigenvalue weighted by Crippen LogP contribution is -2.23. The smallest absolute Gasteiger partial charge is 0.252 e. The Kier molecular flexibility index (Phi) is 2.79. The fourth-order valence-electron chi connectivity index (χ4n) is 1.90. The first-order valence-corrected chi connectivity index (χ1v) is 5.38. The van der Waals surface area contributed by atoms with E-state index >= 15 is 0 Å². The Morgan fingerprint density at radius 2 is 2.00 bits per heavy atom. The maximum absolute atomic E-state index is 10.5. The molecule has 17 heavy (non-hydrogen) atoms. The number of nitrogens with zero attached hydrogens (tertiary/aromatic N) is 4. The highest BCUT2D eigenvalue weighted by Crippen LogP contribution is 2.15. The van der Waals surface area contributed by atoms with Crippen LogP contribution in [0.15, 0.2) is 0 Å². The van der Waals surface area contributed by atoms with Gasteiger partial charge in [-0.2, -0.15) is 10.1 Å². The van der Waals surface area contributed by atoms with Crippen molar-refractivity contribution in [3.63, 3.8) is 0 Å². The number of carboxylic acid groups (broad SMARTS) is 1. The van der Waals surface area contributed by atoms with E-state index in [4.69, 9.17) is 0 Å². The van der Waals surface area contributed by atoms with Crippen LogP contribution in [0.4, 0.5) is 0 Å². The highest BCUT2D eigenvalue weighted by Gasteiger charge is 2.11. The summed E-state index contributed by atoms with van der Waals surface area (Å²) in [6, 6.07) is 0. The molecule has 0 N–H and O–H groups in total. The Hall–Kier alpha value is -1.98. The van der Waals surface area contributed by atoms with Gasteiger partial charge in [0.25, 0.3) is 5.78 Å². The molecule has 2 heterocycles. The van der Waals surface area contributed by atoms with Gasteiger partial charge in [-0.3, -0.25) is 0 Å². The molecule has 0 aliphatic carbocycles. The number of hydrogen-bond donors (Lipinski definition) is 0. The van der Waals surface area contributed by atoms with Crippen LogP contribution < -0.4 is 5.11 Å².